The fraction of sp³-hybridized carbons (Fsp3) is 0.375. The van der Waals surface area contributed by atoms with Gasteiger partial charge in [-0.1, -0.05) is 12.1 Å². The summed E-state index contributed by atoms with van der Waals surface area (Å²) in [6.07, 6.45) is 3.14. The van der Waals surface area contributed by atoms with E-state index in [2.05, 4.69) is 15.5 Å². The van der Waals surface area contributed by atoms with E-state index in [-0.39, 0.29) is 6.54 Å². The number of aromatic amines is 1. The summed E-state index contributed by atoms with van der Waals surface area (Å²) < 4.78 is 2.27. The minimum atomic E-state index is -0.625. The topological polar surface area (TPSA) is 79.8 Å². The van der Waals surface area contributed by atoms with Crippen molar-refractivity contribution in [3.8, 4) is 0 Å². The predicted molar refractivity (Wildman–Crippen MR) is 87.7 cm³/mol. The van der Waals surface area contributed by atoms with Crippen LogP contribution in [-0.4, -0.2) is 26.5 Å². The van der Waals surface area contributed by atoms with Gasteiger partial charge in [0.2, 0.25) is 5.78 Å². The van der Waals surface area contributed by atoms with Gasteiger partial charge in [-0.15, -0.1) is 0 Å². The van der Waals surface area contributed by atoms with Crippen LogP contribution in [0.5, 0.6) is 0 Å². The summed E-state index contributed by atoms with van der Waals surface area (Å²) in [5.41, 5.74) is 2.90. The van der Waals surface area contributed by atoms with Crippen molar-refractivity contribution in [3.63, 3.8) is 0 Å². The first-order chi connectivity index (χ1) is 11.1. The minimum Gasteiger partial charge on any atom is -0.342 e. The first-order valence-corrected chi connectivity index (χ1v) is 8.09. The van der Waals surface area contributed by atoms with E-state index in [9.17, 15) is 9.59 Å². The van der Waals surface area contributed by atoms with Crippen LogP contribution in [0.2, 0.25) is 0 Å². The Kier molecular flexibility index (Phi) is 4.38. The first-order valence-electron chi connectivity index (χ1n) is 7.68. The molecule has 1 amide bonds. The lowest BCUT2D eigenvalue weighted by Gasteiger charge is -2.07. The second-order valence-corrected chi connectivity index (χ2v) is 5.92. The molecule has 1 aromatic heterocycles. The Morgan fingerprint density at radius 1 is 1.35 bits per heavy atom. The number of H-pyrrole nitrogens is 1. The smallest absolute Gasteiger partial charge is 0.292 e. The maximum Gasteiger partial charge on any atom is 0.292 e. The highest BCUT2D eigenvalue weighted by molar-refractivity contribution is 7.71. The molecule has 0 bridgehead atoms. The van der Waals surface area contributed by atoms with Gasteiger partial charge in [-0.05, 0) is 55.6 Å². The molecule has 0 saturated heterocycles. The van der Waals surface area contributed by atoms with Gasteiger partial charge in [-0.25, -0.2) is 0 Å². The summed E-state index contributed by atoms with van der Waals surface area (Å²) in [7, 11) is 0. The van der Waals surface area contributed by atoms with Crippen molar-refractivity contribution in [2.24, 2.45) is 0 Å². The third-order valence-electron chi connectivity index (χ3n) is 4.13. The number of rotatable bonds is 5. The third-order valence-corrected chi connectivity index (χ3v) is 4.44. The number of aromatic nitrogens is 3. The third kappa shape index (κ3) is 3.10. The van der Waals surface area contributed by atoms with E-state index in [1.807, 2.05) is 19.1 Å². The second-order valence-electron chi connectivity index (χ2n) is 5.54. The number of hydrogen-bond donors (Lipinski definition) is 2. The van der Waals surface area contributed by atoms with Gasteiger partial charge in [0, 0.05) is 12.1 Å². The van der Waals surface area contributed by atoms with Crippen molar-refractivity contribution in [1.29, 1.82) is 0 Å². The van der Waals surface area contributed by atoms with Crippen LogP contribution in [0.15, 0.2) is 18.2 Å². The van der Waals surface area contributed by atoms with Gasteiger partial charge in [-0.3, -0.25) is 14.7 Å². The number of amides is 1. The molecule has 0 unspecified atom stereocenters. The van der Waals surface area contributed by atoms with E-state index in [0.29, 0.717) is 22.7 Å². The Hall–Kier alpha value is -2.28. The molecule has 3 rings (SSSR count). The highest BCUT2D eigenvalue weighted by Gasteiger charge is 2.19. The summed E-state index contributed by atoms with van der Waals surface area (Å²) in [6, 6.07) is 5.52. The number of fused-ring (bicyclic) bond motifs is 1. The van der Waals surface area contributed by atoms with Gasteiger partial charge in [-0.2, -0.15) is 5.10 Å². The molecule has 23 heavy (non-hydrogen) atoms. The maximum atomic E-state index is 12.3. The number of nitrogens with zero attached hydrogens (tertiary/aromatic N) is 2. The first kappa shape index (κ1) is 15.6. The number of nitrogens with one attached hydrogen (secondary N) is 2. The Labute approximate surface area is 138 Å². The van der Waals surface area contributed by atoms with Crippen LogP contribution in [0.4, 0.5) is 0 Å². The molecule has 1 heterocycles. The van der Waals surface area contributed by atoms with Crippen LogP contribution in [0, 0.1) is 4.77 Å². The molecule has 0 atom stereocenters. The number of hydrogen-bond acceptors (Lipinski definition) is 4. The van der Waals surface area contributed by atoms with Crippen LogP contribution in [-0.2, 0) is 30.7 Å². The predicted octanol–water partition coefficient (Wildman–Crippen LogP) is 1.95. The molecule has 1 aromatic carbocycles. The number of carbonyl (C=O) groups excluding carboxylic acids is 2. The van der Waals surface area contributed by atoms with E-state index >= 15 is 0 Å². The van der Waals surface area contributed by atoms with Crippen molar-refractivity contribution >= 4 is 23.9 Å². The Balaban J connectivity index is 1.68. The molecule has 2 aromatic rings. The van der Waals surface area contributed by atoms with Crippen LogP contribution < -0.4 is 5.32 Å². The van der Waals surface area contributed by atoms with Gasteiger partial charge < -0.3 is 9.88 Å². The molecule has 1 aliphatic carbocycles. The fourth-order valence-electron chi connectivity index (χ4n) is 2.90. The number of carbonyl (C=O) groups is 2. The second kappa shape index (κ2) is 6.45. The zero-order valence-electron chi connectivity index (χ0n) is 12.9. The Morgan fingerprint density at radius 3 is 2.91 bits per heavy atom. The lowest BCUT2D eigenvalue weighted by molar-refractivity contribution is -0.117. The molecular formula is C16H18N4O2S. The molecule has 2 N–H and O–H groups in total. The summed E-state index contributed by atoms with van der Waals surface area (Å²) in [5.74, 6) is -0.538. The average molecular weight is 330 g/mol. The summed E-state index contributed by atoms with van der Waals surface area (Å²) in [5, 5.41) is 9.35. The molecule has 0 fully saturated rings. The van der Waals surface area contributed by atoms with Gasteiger partial charge >= 0.3 is 0 Å². The highest BCUT2D eigenvalue weighted by Crippen LogP contribution is 2.23. The Morgan fingerprint density at radius 2 is 2.13 bits per heavy atom. The zero-order chi connectivity index (χ0) is 16.4. The number of benzene rings is 1. The molecule has 0 saturated carbocycles. The van der Waals surface area contributed by atoms with E-state index < -0.39 is 11.7 Å². The van der Waals surface area contributed by atoms with Crippen LogP contribution in [0.25, 0.3) is 0 Å². The maximum absolute atomic E-state index is 12.3. The van der Waals surface area contributed by atoms with Crippen LogP contribution >= 0.6 is 12.2 Å². The summed E-state index contributed by atoms with van der Waals surface area (Å²) in [6.45, 7) is 2.75. The van der Waals surface area contributed by atoms with Crippen molar-refractivity contribution in [3.05, 3.63) is 45.5 Å². The van der Waals surface area contributed by atoms with Crippen molar-refractivity contribution in [2.75, 3.05) is 0 Å². The van der Waals surface area contributed by atoms with Crippen LogP contribution in [0.3, 0.4) is 0 Å². The normalized spacial score (nSPS) is 12.9. The van der Waals surface area contributed by atoms with E-state index in [1.54, 1.807) is 10.6 Å². The monoisotopic (exact) mass is 330 g/mol. The molecule has 7 heteroatoms. The molecule has 1 aliphatic rings. The molecule has 0 spiro atoms. The molecular weight excluding hydrogens is 312 g/mol. The standard InChI is InChI=1S/C16H18N4O2S/c1-2-20-13(18-19-16(20)23)9-17-15(22)14(21)12-7-6-10-4-3-5-11(10)8-12/h6-8H,2-5,9H2,1H3,(H,17,22)(H,19,23). The van der Waals surface area contributed by atoms with E-state index in [0.717, 1.165) is 19.3 Å². The van der Waals surface area contributed by atoms with E-state index in [1.165, 1.54) is 11.1 Å². The molecule has 6 nitrogen and oxygen atoms in total. The van der Waals surface area contributed by atoms with Crippen molar-refractivity contribution in [1.82, 2.24) is 20.1 Å². The number of Topliss-reactive ketones (excluding diaryl/α,β-unsaturated/α-hetero) is 1. The average Bonchev–Trinajstić information content (AvgIpc) is 3.17. The lowest BCUT2D eigenvalue weighted by atomic mass is 10.0. The minimum absolute atomic E-state index is 0.163. The molecule has 0 aliphatic heterocycles. The van der Waals surface area contributed by atoms with Gasteiger partial charge in [0.1, 0.15) is 0 Å². The Bertz CT molecular complexity index is 822. The van der Waals surface area contributed by atoms with Gasteiger partial charge in [0.15, 0.2) is 10.6 Å². The summed E-state index contributed by atoms with van der Waals surface area (Å²) >= 11 is 5.09. The van der Waals surface area contributed by atoms with Gasteiger partial charge in [0.05, 0.1) is 6.54 Å². The van der Waals surface area contributed by atoms with Crippen molar-refractivity contribution in [2.45, 2.75) is 39.3 Å². The quantitative estimate of drug-likeness (QED) is 0.499. The number of ketones is 1. The zero-order valence-corrected chi connectivity index (χ0v) is 13.7. The van der Waals surface area contributed by atoms with Crippen LogP contribution in [0.1, 0.15) is 40.7 Å². The number of aryl methyl sites for hydroxylation is 2. The van der Waals surface area contributed by atoms with E-state index in [4.69, 9.17) is 12.2 Å². The van der Waals surface area contributed by atoms with Crippen molar-refractivity contribution < 1.29 is 9.59 Å². The molecule has 0 radical (unpaired) electrons. The van der Waals surface area contributed by atoms with Gasteiger partial charge in [0.25, 0.3) is 5.91 Å². The highest BCUT2D eigenvalue weighted by atomic mass is 32.1. The largest absolute Gasteiger partial charge is 0.342 e. The lowest BCUT2D eigenvalue weighted by Crippen LogP contribution is -2.31. The summed E-state index contributed by atoms with van der Waals surface area (Å²) in [4.78, 5) is 24.3. The molecule has 120 valence electrons. The SMILES string of the molecule is CCn1c(CNC(=O)C(=O)c2ccc3c(c2)CCC3)n[nH]c1=S. The fourth-order valence-corrected chi connectivity index (χ4v) is 3.18.